The summed E-state index contributed by atoms with van der Waals surface area (Å²) in [5, 5.41) is 3.34. The number of nitrogens with zero attached hydrogens (tertiary/aromatic N) is 3. The molecule has 1 N–H and O–H groups in total. The van der Waals surface area contributed by atoms with Crippen LogP contribution in [0, 0.1) is 5.92 Å². The van der Waals surface area contributed by atoms with Crippen LogP contribution in [0.2, 0.25) is 0 Å². The van der Waals surface area contributed by atoms with E-state index in [0.717, 1.165) is 59.0 Å². The van der Waals surface area contributed by atoms with Crippen LogP contribution >= 0.6 is 0 Å². The zero-order valence-electron chi connectivity index (χ0n) is 14.0. The summed E-state index contributed by atoms with van der Waals surface area (Å²) in [6.45, 7) is 10.0. The quantitative estimate of drug-likeness (QED) is 0.718. The lowest BCUT2D eigenvalue weighted by molar-refractivity contribution is -0.136. The van der Waals surface area contributed by atoms with Crippen molar-refractivity contribution in [3.05, 3.63) is 0 Å². The number of nitrogens with one attached hydrogen (secondary N) is 1. The van der Waals surface area contributed by atoms with E-state index in [0.29, 0.717) is 19.0 Å². The first-order valence-electron chi connectivity index (χ1n) is 8.73. The minimum absolute atomic E-state index is 0.125. The number of piperazine rings is 1. The molecule has 2 atom stereocenters. The normalized spacial score (nSPS) is 30.0. The van der Waals surface area contributed by atoms with Gasteiger partial charge in [0.2, 0.25) is 11.8 Å². The van der Waals surface area contributed by atoms with Gasteiger partial charge in [-0.3, -0.25) is 14.5 Å². The summed E-state index contributed by atoms with van der Waals surface area (Å²) >= 11 is 0. The molecule has 3 rings (SSSR count). The first kappa shape index (κ1) is 16.7. The number of carbonyl (C=O) groups excluding carboxylic acids is 2. The van der Waals surface area contributed by atoms with Gasteiger partial charge in [-0.2, -0.15) is 0 Å². The number of carbonyl (C=O) groups is 2. The molecule has 0 aromatic rings. The van der Waals surface area contributed by atoms with E-state index in [4.69, 9.17) is 4.74 Å². The second kappa shape index (κ2) is 7.59. The van der Waals surface area contributed by atoms with Gasteiger partial charge >= 0.3 is 0 Å². The molecule has 0 spiro atoms. The molecule has 0 aromatic heterocycles. The summed E-state index contributed by atoms with van der Waals surface area (Å²) in [5.74, 6) is 0.123. The maximum atomic E-state index is 12.6. The largest absolute Gasteiger partial charge is 0.379 e. The van der Waals surface area contributed by atoms with E-state index in [1.165, 1.54) is 0 Å². The lowest BCUT2D eigenvalue weighted by Crippen LogP contribution is -2.53. The highest BCUT2D eigenvalue weighted by atomic mass is 16.5. The first-order valence-corrected chi connectivity index (χ1v) is 8.73. The predicted molar refractivity (Wildman–Crippen MR) is 86.0 cm³/mol. The van der Waals surface area contributed by atoms with Crippen LogP contribution in [0.4, 0.5) is 0 Å². The van der Waals surface area contributed by atoms with E-state index in [2.05, 4.69) is 17.1 Å². The molecule has 0 aliphatic carbocycles. The van der Waals surface area contributed by atoms with Crippen molar-refractivity contribution in [3.8, 4) is 0 Å². The second-order valence-corrected chi connectivity index (χ2v) is 6.83. The fourth-order valence-corrected chi connectivity index (χ4v) is 3.63. The zero-order chi connectivity index (χ0) is 16.2. The van der Waals surface area contributed by atoms with E-state index >= 15 is 0 Å². The Morgan fingerprint density at radius 3 is 2.74 bits per heavy atom. The Hall–Kier alpha value is -1.18. The molecule has 0 saturated carbocycles. The van der Waals surface area contributed by atoms with Crippen LogP contribution in [0.5, 0.6) is 0 Å². The third-order valence-corrected chi connectivity index (χ3v) is 5.03. The van der Waals surface area contributed by atoms with Gasteiger partial charge in [-0.1, -0.05) is 0 Å². The highest BCUT2D eigenvalue weighted by molar-refractivity contribution is 5.89. The van der Waals surface area contributed by atoms with Crippen molar-refractivity contribution in [1.82, 2.24) is 20.0 Å². The summed E-state index contributed by atoms with van der Waals surface area (Å²) < 4.78 is 5.34. The van der Waals surface area contributed by atoms with Crippen molar-refractivity contribution >= 4 is 11.8 Å². The van der Waals surface area contributed by atoms with Gasteiger partial charge in [-0.15, -0.1) is 0 Å². The van der Waals surface area contributed by atoms with Crippen molar-refractivity contribution in [2.24, 2.45) is 5.92 Å². The van der Waals surface area contributed by atoms with Gasteiger partial charge in [0.1, 0.15) is 0 Å². The maximum Gasteiger partial charge on any atom is 0.228 e. The van der Waals surface area contributed by atoms with Crippen LogP contribution in [-0.2, 0) is 14.3 Å². The number of hydrogen-bond acceptors (Lipinski definition) is 5. The molecule has 2 amide bonds. The Morgan fingerprint density at radius 1 is 1.22 bits per heavy atom. The molecule has 23 heavy (non-hydrogen) atoms. The van der Waals surface area contributed by atoms with Crippen LogP contribution in [0.25, 0.3) is 0 Å². The van der Waals surface area contributed by atoms with Gasteiger partial charge in [0.25, 0.3) is 0 Å². The summed E-state index contributed by atoms with van der Waals surface area (Å²) in [4.78, 5) is 31.0. The molecule has 3 aliphatic heterocycles. The van der Waals surface area contributed by atoms with Gasteiger partial charge in [-0.05, 0) is 6.92 Å². The molecule has 130 valence electrons. The highest BCUT2D eigenvalue weighted by Crippen LogP contribution is 2.20. The number of likely N-dealkylation sites (tertiary alicyclic amines) is 1. The van der Waals surface area contributed by atoms with Crippen LogP contribution < -0.4 is 5.32 Å². The number of hydrogen-bond donors (Lipinski definition) is 1. The third-order valence-electron chi connectivity index (χ3n) is 5.03. The van der Waals surface area contributed by atoms with E-state index < -0.39 is 0 Å². The summed E-state index contributed by atoms with van der Waals surface area (Å²) in [7, 11) is 0. The van der Waals surface area contributed by atoms with Crippen molar-refractivity contribution in [2.75, 3.05) is 65.6 Å². The van der Waals surface area contributed by atoms with E-state index in [9.17, 15) is 9.59 Å². The van der Waals surface area contributed by atoms with Crippen molar-refractivity contribution in [1.29, 1.82) is 0 Å². The molecule has 0 radical (unpaired) electrons. The molecule has 7 nitrogen and oxygen atoms in total. The standard InChI is InChI=1S/C16H28N4O3/c1-13-11-20(3-2-17-13)16(22)14-10-15(21)19(12-14)5-4-18-6-8-23-9-7-18/h13-14,17H,2-12H2,1H3. The topological polar surface area (TPSA) is 65.1 Å². The summed E-state index contributed by atoms with van der Waals surface area (Å²) in [5.41, 5.74) is 0. The molecular weight excluding hydrogens is 296 g/mol. The molecule has 2 unspecified atom stereocenters. The van der Waals surface area contributed by atoms with Crippen molar-refractivity contribution in [2.45, 2.75) is 19.4 Å². The molecule has 0 aromatic carbocycles. The van der Waals surface area contributed by atoms with Gasteiger partial charge in [0, 0.05) is 64.8 Å². The number of morpholine rings is 1. The second-order valence-electron chi connectivity index (χ2n) is 6.83. The van der Waals surface area contributed by atoms with Gasteiger partial charge in [0.05, 0.1) is 19.1 Å². The Balaban J connectivity index is 1.47. The van der Waals surface area contributed by atoms with Gasteiger partial charge in [0.15, 0.2) is 0 Å². The first-order chi connectivity index (χ1) is 11.1. The third kappa shape index (κ3) is 4.22. The molecule has 3 aliphatic rings. The molecule has 3 fully saturated rings. The van der Waals surface area contributed by atoms with Crippen molar-refractivity contribution in [3.63, 3.8) is 0 Å². The van der Waals surface area contributed by atoms with Gasteiger partial charge < -0.3 is 19.9 Å². The predicted octanol–water partition coefficient (Wildman–Crippen LogP) is -1.01. The van der Waals surface area contributed by atoms with Crippen LogP contribution in [-0.4, -0.2) is 98.1 Å². The lowest BCUT2D eigenvalue weighted by Gasteiger charge is -2.33. The molecule has 3 saturated heterocycles. The fraction of sp³-hybridized carbons (Fsp3) is 0.875. The smallest absolute Gasteiger partial charge is 0.228 e. The SMILES string of the molecule is CC1CN(C(=O)C2CC(=O)N(CCN3CCOCC3)C2)CCN1. The summed E-state index contributed by atoms with van der Waals surface area (Å²) in [6.07, 6.45) is 0.375. The average molecular weight is 324 g/mol. The van der Waals surface area contributed by atoms with E-state index in [1.54, 1.807) is 0 Å². The van der Waals surface area contributed by atoms with Crippen LogP contribution in [0.15, 0.2) is 0 Å². The zero-order valence-corrected chi connectivity index (χ0v) is 14.0. The minimum Gasteiger partial charge on any atom is -0.379 e. The van der Waals surface area contributed by atoms with E-state index in [-0.39, 0.29) is 17.7 Å². The number of amides is 2. The van der Waals surface area contributed by atoms with Gasteiger partial charge in [-0.25, -0.2) is 0 Å². The summed E-state index contributed by atoms with van der Waals surface area (Å²) in [6, 6.07) is 0.335. The molecule has 3 heterocycles. The molecule has 7 heteroatoms. The Morgan fingerprint density at radius 2 is 2.00 bits per heavy atom. The monoisotopic (exact) mass is 324 g/mol. The van der Waals surface area contributed by atoms with Crippen LogP contribution in [0.3, 0.4) is 0 Å². The maximum absolute atomic E-state index is 12.6. The van der Waals surface area contributed by atoms with E-state index in [1.807, 2.05) is 9.80 Å². The highest BCUT2D eigenvalue weighted by Gasteiger charge is 2.37. The Labute approximate surface area is 137 Å². The minimum atomic E-state index is -0.155. The fourth-order valence-electron chi connectivity index (χ4n) is 3.63. The van der Waals surface area contributed by atoms with Crippen LogP contribution in [0.1, 0.15) is 13.3 Å². The molecule has 0 bridgehead atoms. The Bertz CT molecular complexity index is 439. The molecular formula is C16H28N4O3. The van der Waals surface area contributed by atoms with Crippen molar-refractivity contribution < 1.29 is 14.3 Å². The lowest BCUT2D eigenvalue weighted by atomic mass is 10.1. The average Bonchev–Trinajstić information content (AvgIpc) is 2.94. The number of rotatable bonds is 4. The Kier molecular flexibility index (Phi) is 5.50. The number of ether oxygens (including phenoxy) is 1.